The summed E-state index contributed by atoms with van der Waals surface area (Å²) in [6, 6.07) is 0.728. The highest BCUT2D eigenvalue weighted by atomic mass is 32.2. The fourth-order valence-electron chi connectivity index (χ4n) is 1.90. The quantitative estimate of drug-likeness (QED) is 0.739. The summed E-state index contributed by atoms with van der Waals surface area (Å²) in [6.07, 6.45) is 0. The zero-order valence-electron chi connectivity index (χ0n) is 9.05. The van der Waals surface area contributed by atoms with Crippen LogP contribution in [0, 0.1) is 5.92 Å². The van der Waals surface area contributed by atoms with E-state index in [9.17, 15) is 0 Å². The van der Waals surface area contributed by atoms with Gasteiger partial charge in [0.25, 0.3) is 0 Å². The summed E-state index contributed by atoms with van der Waals surface area (Å²) in [7, 11) is 2.05. The Morgan fingerprint density at radius 3 is 2.38 bits per heavy atom. The molecular weight excluding hydrogens is 180 g/mol. The lowest BCUT2D eigenvalue weighted by Crippen LogP contribution is -2.48. The average molecular weight is 202 g/mol. The van der Waals surface area contributed by atoms with Crippen LogP contribution in [0.1, 0.15) is 13.8 Å². The number of rotatable bonds is 4. The maximum Gasteiger partial charge on any atom is 0.0244 e. The number of hydrogen-bond donors (Lipinski definition) is 1. The van der Waals surface area contributed by atoms with Gasteiger partial charge in [0, 0.05) is 37.2 Å². The molecule has 1 unspecified atom stereocenters. The van der Waals surface area contributed by atoms with Crippen LogP contribution >= 0.6 is 11.8 Å². The zero-order chi connectivity index (χ0) is 9.68. The third-order valence-electron chi connectivity index (χ3n) is 2.70. The summed E-state index contributed by atoms with van der Waals surface area (Å²) in [5, 5.41) is 3.30. The minimum Gasteiger partial charge on any atom is -0.318 e. The maximum absolute atomic E-state index is 3.30. The number of hydrogen-bond acceptors (Lipinski definition) is 3. The molecule has 3 heteroatoms. The van der Waals surface area contributed by atoms with Crippen molar-refractivity contribution < 1.29 is 0 Å². The Balaban J connectivity index is 2.41. The molecule has 0 spiro atoms. The van der Waals surface area contributed by atoms with Crippen molar-refractivity contribution in [1.29, 1.82) is 0 Å². The SMILES string of the molecule is CNCC(C(C)C)N1CCSCC1. The van der Waals surface area contributed by atoms with Gasteiger partial charge >= 0.3 is 0 Å². The van der Waals surface area contributed by atoms with E-state index in [-0.39, 0.29) is 0 Å². The van der Waals surface area contributed by atoms with Gasteiger partial charge in [-0.2, -0.15) is 11.8 Å². The van der Waals surface area contributed by atoms with Gasteiger partial charge in [-0.1, -0.05) is 13.8 Å². The maximum atomic E-state index is 3.30. The van der Waals surface area contributed by atoms with Gasteiger partial charge in [0.15, 0.2) is 0 Å². The van der Waals surface area contributed by atoms with E-state index < -0.39 is 0 Å². The molecule has 1 N–H and O–H groups in total. The molecule has 0 bridgehead atoms. The molecular formula is C10H22N2S. The molecule has 1 aliphatic rings. The molecule has 0 aromatic heterocycles. The Hall–Kier alpha value is 0.270. The van der Waals surface area contributed by atoms with E-state index in [0.717, 1.165) is 18.5 Å². The van der Waals surface area contributed by atoms with E-state index in [1.165, 1.54) is 24.6 Å². The van der Waals surface area contributed by atoms with Crippen LogP contribution in [0.5, 0.6) is 0 Å². The van der Waals surface area contributed by atoms with Crippen molar-refractivity contribution in [3.05, 3.63) is 0 Å². The predicted molar refractivity (Wildman–Crippen MR) is 61.5 cm³/mol. The van der Waals surface area contributed by atoms with Gasteiger partial charge in [-0.15, -0.1) is 0 Å². The van der Waals surface area contributed by atoms with Gasteiger partial charge in [-0.3, -0.25) is 4.90 Å². The third-order valence-corrected chi connectivity index (χ3v) is 3.64. The van der Waals surface area contributed by atoms with Crippen LogP contribution in [0.2, 0.25) is 0 Å². The fraction of sp³-hybridized carbons (Fsp3) is 1.00. The van der Waals surface area contributed by atoms with Gasteiger partial charge in [-0.25, -0.2) is 0 Å². The predicted octanol–water partition coefficient (Wildman–Crippen LogP) is 1.28. The molecule has 1 heterocycles. The van der Waals surface area contributed by atoms with Crippen molar-refractivity contribution >= 4 is 11.8 Å². The molecule has 13 heavy (non-hydrogen) atoms. The molecule has 0 saturated carbocycles. The fourth-order valence-corrected chi connectivity index (χ4v) is 2.84. The standard InChI is InChI=1S/C10H22N2S/c1-9(2)10(8-11-3)12-4-6-13-7-5-12/h9-11H,4-8H2,1-3H3. The number of likely N-dealkylation sites (N-methyl/N-ethyl adjacent to an activating group) is 1. The topological polar surface area (TPSA) is 15.3 Å². The third kappa shape index (κ3) is 3.49. The smallest absolute Gasteiger partial charge is 0.0244 e. The lowest BCUT2D eigenvalue weighted by atomic mass is 10.0. The lowest BCUT2D eigenvalue weighted by Gasteiger charge is -2.36. The van der Waals surface area contributed by atoms with Crippen molar-refractivity contribution in [2.24, 2.45) is 5.92 Å². The Morgan fingerprint density at radius 1 is 1.31 bits per heavy atom. The highest BCUT2D eigenvalue weighted by Gasteiger charge is 2.22. The van der Waals surface area contributed by atoms with Crippen LogP contribution in [0.3, 0.4) is 0 Å². The number of nitrogens with zero attached hydrogens (tertiary/aromatic N) is 1. The number of thioether (sulfide) groups is 1. The molecule has 0 aromatic rings. The summed E-state index contributed by atoms with van der Waals surface area (Å²) in [4.78, 5) is 2.64. The zero-order valence-corrected chi connectivity index (χ0v) is 9.86. The van der Waals surface area contributed by atoms with Crippen molar-refractivity contribution in [2.45, 2.75) is 19.9 Å². The Labute approximate surface area is 86.5 Å². The number of nitrogens with one attached hydrogen (secondary N) is 1. The Kier molecular flexibility index (Phi) is 5.14. The van der Waals surface area contributed by atoms with Crippen LogP contribution < -0.4 is 5.32 Å². The highest BCUT2D eigenvalue weighted by Crippen LogP contribution is 2.16. The first-order valence-corrected chi connectivity index (χ1v) is 6.37. The Bertz CT molecular complexity index is 133. The molecule has 78 valence electrons. The summed E-state index contributed by atoms with van der Waals surface area (Å²) in [5.74, 6) is 3.38. The van der Waals surface area contributed by atoms with E-state index in [2.05, 4.69) is 35.8 Å². The Morgan fingerprint density at radius 2 is 1.92 bits per heavy atom. The van der Waals surface area contributed by atoms with Crippen LogP contribution in [-0.2, 0) is 0 Å². The normalized spacial score (nSPS) is 22.2. The molecule has 0 amide bonds. The molecule has 1 atom stereocenters. The minimum atomic E-state index is 0.728. The molecule has 1 aliphatic heterocycles. The summed E-state index contributed by atoms with van der Waals surface area (Å²) in [5.41, 5.74) is 0. The van der Waals surface area contributed by atoms with Crippen LogP contribution in [0.15, 0.2) is 0 Å². The van der Waals surface area contributed by atoms with E-state index in [1.54, 1.807) is 0 Å². The van der Waals surface area contributed by atoms with Crippen molar-refractivity contribution in [3.63, 3.8) is 0 Å². The van der Waals surface area contributed by atoms with Gasteiger partial charge in [0.2, 0.25) is 0 Å². The van der Waals surface area contributed by atoms with Crippen LogP contribution in [0.4, 0.5) is 0 Å². The van der Waals surface area contributed by atoms with E-state index in [0.29, 0.717) is 0 Å². The van der Waals surface area contributed by atoms with Crippen molar-refractivity contribution in [3.8, 4) is 0 Å². The molecule has 1 rings (SSSR count). The highest BCUT2D eigenvalue weighted by molar-refractivity contribution is 7.99. The second-order valence-electron chi connectivity index (χ2n) is 4.02. The monoisotopic (exact) mass is 202 g/mol. The molecule has 2 nitrogen and oxygen atoms in total. The molecule has 1 fully saturated rings. The summed E-state index contributed by atoms with van der Waals surface area (Å²) >= 11 is 2.08. The van der Waals surface area contributed by atoms with E-state index in [4.69, 9.17) is 0 Å². The second-order valence-corrected chi connectivity index (χ2v) is 5.24. The first-order valence-electron chi connectivity index (χ1n) is 5.22. The minimum absolute atomic E-state index is 0.728. The molecule has 0 aromatic carbocycles. The lowest BCUT2D eigenvalue weighted by molar-refractivity contribution is 0.169. The summed E-state index contributed by atoms with van der Waals surface area (Å²) < 4.78 is 0. The van der Waals surface area contributed by atoms with Crippen LogP contribution in [-0.4, -0.2) is 49.1 Å². The first kappa shape index (κ1) is 11.3. The van der Waals surface area contributed by atoms with E-state index >= 15 is 0 Å². The van der Waals surface area contributed by atoms with Gasteiger partial charge in [0.05, 0.1) is 0 Å². The largest absolute Gasteiger partial charge is 0.318 e. The molecule has 0 aliphatic carbocycles. The molecule has 0 radical (unpaired) electrons. The van der Waals surface area contributed by atoms with Crippen LogP contribution in [0.25, 0.3) is 0 Å². The average Bonchev–Trinajstić information content (AvgIpc) is 2.15. The van der Waals surface area contributed by atoms with Gasteiger partial charge < -0.3 is 5.32 Å². The van der Waals surface area contributed by atoms with Crippen molar-refractivity contribution in [2.75, 3.05) is 38.2 Å². The van der Waals surface area contributed by atoms with Gasteiger partial charge in [-0.05, 0) is 13.0 Å². The first-order chi connectivity index (χ1) is 6.25. The van der Waals surface area contributed by atoms with Crippen molar-refractivity contribution in [1.82, 2.24) is 10.2 Å². The second kappa shape index (κ2) is 5.89. The molecule has 1 saturated heterocycles. The van der Waals surface area contributed by atoms with Gasteiger partial charge in [0.1, 0.15) is 0 Å². The van der Waals surface area contributed by atoms with E-state index in [1.807, 2.05) is 7.05 Å². The summed E-state index contributed by atoms with van der Waals surface area (Å²) in [6.45, 7) is 8.32.